The van der Waals surface area contributed by atoms with Crippen molar-refractivity contribution in [2.24, 2.45) is 0 Å². The number of piperidine rings is 1. The van der Waals surface area contributed by atoms with E-state index in [4.69, 9.17) is 10.8 Å². The molecule has 3 heterocycles. The first kappa shape index (κ1) is 23.9. The number of rotatable bonds is 2. The van der Waals surface area contributed by atoms with Crippen molar-refractivity contribution >= 4 is 21.5 Å². The SMILES string of the molecule is CS(=O)(=O)N1CCCC(O)C1.Cc1c(F)cc(F)c(-c2cc(F)c3cnc(N)nn23)c1F. The Morgan fingerprint density at radius 1 is 1.16 bits per heavy atom. The van der Waals surface area contributed by atoms with Crippen LogP contribution in [-0.4, -0.2) is 57.9 Å². The fraction of sp³-hybridized carbons (Fsp3) is 0.368. The van der Waals surface area contributed by atoms with Crippen LogP contribution in [-0.2, 0) is 10.0 Å². The third-order valence-electron chi connectivity index (χ3n) is 4.97. The Morgan fingerprint density at radius 3 is 2.44 bits per heavy atom. The summed E-state index contributed by atoms with van der Waals surface area (Å²) in [6.45, 7) is 1.97. The number of β-amino-alcohol motifs (C(OH)–C–C–N with tert-alkyl or cyclic N) is 1. The lowest BCUT2D eigenvalue weighted by Crippen LogP contribution is -2.41. The minimum absolute atomic E-state index is 0.0972. The van der Waals surface area contributed by atoms with Crippen LogP contribution in [0.5, 0.6) is 0 Å². The maximum absolute atomic E-state index is 14.2. The van der Waals surface area contributed by atoms with Gasteiger partial charge >= 0.3 is 0 Å². The monoisotopic (exact) mass is 475 g/mol. The number of halogens is 4. The van der Waals surface area contributed by atoms with E-state index in [9.17, 15) is 26.0 Å². The Hall–Kier alpha value is -2.77. The van der Waals surface area contributed by atoms with E-state index in [-0.39, 0.29) is 29.3 Å². The second kappa shape index (κ2) is 9.00. The summed E-state index contributed by atoms with van der Waals surface area (Å²) in [6.07, 6.45) is 3.26. The second-order valence-electron chi connectivity index (χ2n) is 7.36. The number of nitrogen functional groups attached to an aromatic ring is 1. The summed E-state index contributed by atoms with van der Waals surface area (Å²) in [5.74, 6) is -4.27. The van der Waals surface area contributed by atoms with Gasteiger partial charge in [-0.3, -0.25) is 0 Å². The number of hydrogen-bond acceptors (Lipinski definition) is 6. The average molecular weight is 475 g/mol. The molecular weight excluding hydrogens is 454 g/mol. The molecule has 32 heavy (non-hydrogen) atoms. The third-order valence-corrected chi connectivity index (χ3v) is 6.24. The molecule has 8 nitrogen and oxygen atoms in total. The van der Waals surface area contributed by atoms with Crippen molar-refractivity contribution in [3.63, 3.8) is 0 Å². The third kappa shape index (κ3) is 4.84. The molecule has 4 rings (SSSR count). The number of hydrogen-bond donors (Lipinski definition) is 2. The van der Waals surface area contributed by atoms with E-state index in [0.717, 1.165) is 30.1 Å². The Morgan fingerprint density at radius 2 is 1.84 bits per heavy atom. The van der Waals surface area contributed by atoms with Gasteiger partial charge in [0.1, 0.15) is 23.0 Å². The molecule has 174 valence electrons. The zero-order chi connectivity index (χ0) is 23.8. The highest BCUT2D eigenvalue weighted by Gasteiger charge is 2.24. The molecule has 0 bridgehead atoms. The van der Waals surface area contributed by atoms with Crippen LogP contribution in [0.2, 0.25) is 0 Å². The van der Waals surface area contributed by atoms with Gasteiger partial charge < -0.3 is 10.8 Å². The molecule has 3 N–H and O–H groups in total. The highest BCUT2D eigenvalue weighted by molar-refractivity contribution is 7.88. The van der Waals surface area contributed by atoms with Gasteiger partial charge in [0.25, 0.3) is 0 Å². The van der Waals surface area contributed by atoms with Crippen molar-refractivity contribution in [2.75, 3.05) is 25.1 Å². The zero-order valence-electron chi connectivity index (χ0n) is 17.2. The quantitative estimate of drug-likeness (QED) is 0.550. The molecule has 0 radical (unpaired) electrons. The molecule has 0 saturated carbocycles. The molecule has 1 aromatic carbocycles. The van der Waals surface area contributed by atoms with Gasteiger partial charge in [-0.1, -0.05) is 0 Å². The van der Waals surface area contributed by atoms with Gasteiger partial charge in [-0.15, -0.1) is 5.10 Å². The largest absolute Gasteiger partial charge is 0.392 e. The van der Waals surface area contributed by atoms with Gasteiger partial charge in [0.05, 0.1) is 29.8 Å². The molecule has 1 aliphatic rings. The van der Waals surface area contributed by atoms with E-state index >= 15 is 0 Å². The van der Waals surface area contributed by atoms with Crippen LogP contribution in [0.25, 0.3) is 16.8 Å². The fourth-order valence-electron chi connectivity index (χ4n) is 3.29. The lowest BCUT2D eigenvalue weighted by Gasteiger charge is -2.27. The number of sulfonamides is 1. The topological polar surface area (TPSA) is 114 Å². The number of nitrogens with zero attached hydrogens (tertiary/aromatic N) is 4. The molecule has 3 aromatic rings. The summed E-state index contributed by atoms with van der Waals surface area (Å²) in [5, 5.41) is 12.9. The number of anilines is 1. The first-order valence-corrected chi connectivity index (χ1v) is 11.3. The normalized spacial score (nSPS) is 17.3. The minimum atomic E-state index is -3.09. The Bertz CT molecular complexity index is 1270. The van der Waals surface area contributed by atoms with Crippen LogP contribution in [0.3, 0.4) is 0 Å². The summed E-state index contributed by atoms with van der Waals surface area (Å²) in [7, 11) is -3.09. The van der Waals surface area contributed by atoms with E-state index in [2.05, 4.69) is 10.1 Å². The van der Waals surface area contributed by atoms with Crippen molar-refractivity contribution in [1.29, 1.82) is 0 Å². The molecule has 0 spiro atoms. The first-order chi connectivity index (χ1) is 14.9. The van der Waals surface area contributed by atoms with Crippen LogP contribution < -0.4 is 5.73 Å². The Labute approximate surface area is 181 Å². The van der Waals surface area contributed by atoms with Crippen molar-refractivity contribution in [3.8, 4) is 11.3 Å². The molecule has 1 atom stereocenters. The molecule has 13 heteroatoms. The van der Waals surface area contributed by atoms with E-state index in [0.29, 0.717) is 19.0 Å². The highest BCUT2D eigenvalue weighted by Crippen LogP contribution is 2.31. The van der Waals surface area contributed by atoms with Crippen LogP contribution in [0.4, 0.5) is 23.5 Å². The maximum atomic E-state index is 14.2. The Kier molecular flexibility index (Phi) is 6.72. The molecule has 1 saturated heterocycles. The van der Waals surface area contributed by atoms with Gasteiger partial charge in [-0.25, -0.2) is 35.5 Å². The minimum Gasteiger partial charge on any atom is -0.392 e. The van der Waals surface area contributed by atoms with Crippen molar-refractivity contribution in [3.05, 3.63) is 47.2 Å². The van der Waals surface area contributed by atoms with Crippen LogP contribution in [0.1, 0.15) is 18.4 Å². The number of aromatic nitrogens is 3. The first-order valence-electron chi connectivity index (χ1n) is 9.47. The summed E-state index contributed by atoms with van der Waals surface area (Å²) >= 11 is 0. The lowest BCUT2D eigenvalue weighted by atomic mass is 10.1. The maximum Gasteiger partial charge on any atom is 0.238 e. The van der Waals surface area contributed by atoms with Crippen molar-refractivity contribution in [1.82, 2.24) is 18.9 Å². The highest BCUT2D eigenvalue weighted by atomic mass is 32.2. The standard InChI is InChI=1S/C13H8F4N4.C6H13NO3S/c1-5-6(14)2-8(16)11(12(5)17)9-3-7(15)10-4-19-13(18)20-21(9)10;1-11(9,10)7-4-2-3-6(8)5-7/h2-4H,1H3,(H2,18,20);6,8H,2-5H2,1H3. The van der Waals surface area contributed by atoms with Gasteiger partial charge in [-0.2, -0.15) is 4.31 Å². The second-order valence-corrected chi connectivity index (χ2v) is 9.34. The predicted molar refractivity (Wildman–Crippen MR) is 109 cm³/mol. The summed E-state index contributed by atoms with van der Waals surface area (Å²) in [5.41, 5.74) is 4.14. The van der Waals surface area contributed by atoms with Crippen LogP contribution in [0, 0.1) is 30.2 Å². The van der Waals surface area contributed by atoms with Crippen molar-refractivity contribution in [2.45, 2.75) is 25.9 Å². The summed E-state index contributed by atoms with van der Waals surface area (Å²) < 4.78 is 79.3. The van der Waals surface area contributed by atoms with E-state index in [1.807, 2.05) is 0 Å². The molecule has 1 fully saturated rings. The number of aliphatic hydroxyl groups excluding tert-OH is 1. The van der Waals surface area contributed by atoms with Crippen molar-refractivity contribution < 1.29 is 31.1 Å². The number of fused-ring (bicyclic) bond motifs is 1. The number of benzene rings is 1. The van der Waals surface area contributed by atoms with E-state index in [1.165, 1.54) is 10.6 Å². The van der Waals surface area contributed by atoms with E-state index < -0.39 is 45.0 Å². The zero-order valence-corrected chi connectivity index (χ0v) is 18.0. The number of aliphatic hydroxyl groups is 1. The molecule has 1 unspecified atom stereocenters. The lowest BCUT2D eigenvalue weighted by molar-refractivity contribution is 0.108. The van der Waals surface area contributed by atoms with Gasteiger partial charge in [0.15, 0.2) is 5.82 Å². The van der Waals surface area contributed by atoms with Crippen LogP contribution >= 0.6 is 0 Å². The molecule has 2 aromatic heterocycles. The molecule has 1 aliphatic heterocycles. The van der Waals surface area contributed by atoms with Gasteiger partial charge in [0, 0.05) is 30.8 Å². The molecule has 0 amide bonds. The van der Waals surface area contributed by atoms with Crippen LogP contribution in [0.15, 0.2) is 18.3 Å². The predicted octanol–water partition coefficient (Wildman–Crippen LogP) is 2.25. The molecular formula is C19H21F4N5O3S. The summed E-state index contributed by atoms with van der Waals surface area (Å²) in [4.78, 5) is 3.61. The number of nitrogens with two attached hydrogens (primary N) is 1. The average Bonchev–Trinajstić information content (AvgIpc) is 3.01. The fourth-order valence-corrected chi connectivity index (χ4v) is 4.19. The van der Waals surface area contributed by atoms with Gasteiger partial charge in [-0.05, 0) is 19.8 Å². The van der Waals surface area contributed by atoms with E-state index in [1.54, 1.807) is 0 Å². The smallest absolute Gasteiger partial charge is 0.238 e. The Balaban J connectivity index is 0.000000222. The van der Waals surface area contributed by atoms with Gasteiger partial charge in [0.2, 0.25) is 16.0 Å². The summed E-state index contributed by atoms with van der Waals surface area (Å²) in [6, 6.07) is 1.43. The molecule has 0 aliphatic carbocycles.